The van der Waals surface area contributed by atoms with Crippen molar-refractivity contribution in [3.05, 3.63) is 54.1 Å². The van der Waals surface area contributed by atoms with Gasteiger partial charge in [-0.25, -0.2) is 16.8 Å². The predicted octanol–water partition coefficient (Wildman–Crippen LogP) is 0.381. The van der Waals surface area contributed by atoms with Gasteiger partial charge in [-0.15, -0.1) is 0 Å². The van der Waals surface area contributed by atoms with Crippen LogP contribution in [0.2, 0.25) is 0 Å². The number of sulfonamides is 1. The van der Waals surface area contributed by atoms with E-state index in [0.29, 0.717) is 5.56 Å². The Morgan fingerprint density at radius 3 is 2.37 bits per heavy atom. The molecule has 0 radical (unpaired) electrons. The maximum atomic E-state index is 13.4. The number of carbonyl (C=O) groups is 1. The molecule has 9 nitrogen and oxygen atoms in total. The number of sulfone groups is 1. The van der Waals surface area contributed by atoms with Gasteiger partial charge in [0.1, 0.15) is 5.75 Å². The molecule has 3 rings (SSSR count). The summed E-state index contributed by atoms with van der Waals surface area (Å²) >= 11 is 0. The zero-order valence-electron chi connectivity index (χ0n) is 16.1. The minimum absolute atomic E-state index is 0.0403. The summed E-state index contributed by atoms with van der Waals surface area (Å²) in [4.78, 5) is 10.9. The van der Waals surface area contributed by atoms with Crippen molar-refractivity contribution in [2.24, 2.45) is 0 Å². The number of aliphatic hydroxyl groups excluding tert-OH is 1. The van der Waals surface area contributed by atoms with Crippen LogP contribution >= 0.6 is 0 Å². The number of aliphatic hydroxyl groups is 1. The van der Waals surface area contributed by atoms with Crippen LogP contribution in [0.1, 0.15) is 12.5 Å². The third-order valence-electron chi connectivity index (χ3n) is 4.70. The van der Waals surface area contributed by atoms with Gasteiger partial charge in [-0.2, -0.15) is 0 Å². The van der Waals surface area contributed by atoms with Gasteiger partial charge < -0.3 is 15.5 Å². The molecule has 0 aliphatic carbocycles. The summed E-state index contributed by atoms with van der Waals surface area (Å²) in [5.74, 6) is -1.51. The van der Waals surface area contributed by atoms with Crippen LogP contribution < -0.4 is 9.62 Å². The van der Waals surface area contributed by atoms with E-state index in [1.165, 1.54) is 55.5 Å². The third-order valence-corrected chi connectivity index (χ3v) is 8.27. The van der Waals surface area contributed by atoms with Gasteiger partial charge in [-0.05, 0) is 29.8 Å². The van der Waals surface area contributed by atoms with E-state index in [1.807, 2.05) is 0 Å². The molecule has 2 atom stereocenters. The van der Waals surface area contributed by atoms with E-state index in [2.05, 4.69) is 5.32 Å². The molecular weight excluding hydrogens is 432 g/mol. The lowest BCUT2D eigenvalue weighted by Gasteiger charge is -2.31. The summed E-state index contributed by atoms with van der Waals surface area (Å²) in [5, 5.41) is 22.7. The predicted molar refractivity (Wildman–Crippen MR) is 110 cm³/mol. The van der Waals surface area contributed by atoms with Crippen LogP contribution in [0.5, 0.6) is 5.75 Å². The number of hydrogen-bond acceptors (Lipinski definition) is 7. The van der Waals surface area contributed by atoms with Crippen molar-refractivity contribution < 1.29 is 31.8 Å². The second kappa shape index (κ2) is 8.25. The van der Waals surface area contributed by atoms with Gasteiger partial charge in [0.25, 0.3) is 10.0 Å². The molecule has 11 heteroatoms. The average Bonchev–Trinajstić information content (AvgIpc) is 2.92. The van der Waals surface area contributed by atoms with E-state index in [1.54, 1.807) is 0 Å². The number of amides is 1. The molecule has 3 N–H and O–H groups in total. The Balaban J connectivity index is 2.03. The SMILES string of the molecule is CC(=O)NCc1ccc(S(=O)(=O)N(c2cccc(O)c2)[C@H]2CS(=O)(=O)C[C@H]2O)cc1. The van der Waals surface area contributed by atoms with Crippen molar-refractivity contribution in [2.75, 3.05) is 15.8 Å². The first kappa shape index (κ1) is 22.1. The van der Waals surface area contributed by atoms with E-state index in [-0.39, 0.29) is 28.8 Å². The number of nitrogens with zero attached hydrogens (tertiary/aromatic N) is 1. The third kappa shape index (κ3) is 4.74. The first-order chi connectivity index (χ1) is 14.0. The first-order valence-corrected chi connectivity index (χ1v) is 12.3. The Kier molecular flexibility index (Phi) is 6.06. The molecule has 2 aromatic rings. The van der Waals surface area contributed by atoms with Crippen LogP contribution in [0.15, 0.2) is 53.4 Å². The molecule has 1 fully saturated rings. The first-order valence-electron chi connectivity index (χ1n) is 9.05. The molecule has 0 unspecified atom stereocenters. The molecule has 30 heavy (non-hydrogen) atoms. The maximum absolute atomic E-state index is 13.4. The topological polar surface area (TPSA) is 141 Å². The Hall–Kier alpha value is -2.63. The van der Waals surface area contributed by atoms with Gasteiger partial charge in [0.2, 0.25) is 5.91 Å². The van der Waals surface area contributed by atoms with E-state index in [9.17, 15) is 31.8 Å². The molecule has 1 amide bonds. The fraction of sp³-hybridized carbons (Fsp3) is 0.316. The van der Waals surface area contributed by atoms with Gasteiger partial charge in [0, 0.05) is 19.5 Å². The summed E-state index contributed by atoms with van der Waals surface area (Å²) in [6.45, 7) is 1.60. The summed E-state index contributed by atoms with van der Waals surface area (Å²) in [7, 11) is -7.91. The smallest absolute Gasteiger partial charge is 0.264 e. The number of anilines is 1. The normalized spacial score (nSPS) is 20.6. The van der Waals surface area contributed by atoms with E-state index in [4.69, 9.17) is 0 Å². The van der Waals surface area contributed by atoms with Crippen LogP contribution in [-0.2, 0) is 31.2 Å². The monoisotopic (exact) mass is 454 g/mol. The molecular formula is C19H22N2O7S2. The number of carbonyl (C=O) groups excluding carboxylic acids is 1. The van der Waals surface area contributed by atoms with Crippen LogP contribution in [0.25, 0.3) is 0 Å². The quantitative estimate of drug-likeness (QED) is 0.573. The van der Waals surface area contributed by atoms with Crippen molar-refractivity contribution >= 4 is 31.5 Å². The number of benzene rings is 2. The zero-order valence-corrected chi connectivity index (χ0v) is 17.7. The number of hydrogen-bond donors (Lipinski definition) is 3. The number of aromatic hydroxyl groups is 1. The lowest BCUT2D eigenvalue weighted by molar-refractivity contribution is -0.119. The number of rotatable bonds is 6. The largest absolute Gasteiger partial charge is 0.508 e. The number of nitrogens with one attached hydrogen (secondary N) is 1. The van der Waals surface area contributed by atoms with Crippen LogP contribution in [0, 0.1) is 0 Å². The molecule has 2 aromatic carbocycles. The summed E-state index contributed by atoms with van der Waals surface area (Å²) in [5.41, 5.74) is 0.718. The summed E-state index contributed by atoms with van der Waals surface area (Å²) in [6, 6.07) is 9.92. The Morgan fingerprint density at radius 2 is 1.83 bits per heavy atom. The van der Waals surface area contributed by atoms with E-state index < -0.39 is 43.5 Å². The van der Waals surface area contributed by atoms with Gasteiger partial charge in [0.05, 0.1) is 34.2 Å². The fourth-order valence-electron chi connectivity index (χ4n) is 3.29. The lowest BCUT2D eigenvalue weighted by atomic mass is 10.2. The van der Waals surface area contributed by atoms with Crippen molar-refractivity contribution in [3.63, 3.8) is 0 Å². The highest BCUT2D eigenvalue weighted by Crippen LogP contribution is 2.32. The van der Waals surface area contributed by atoms with Gasteiger partial charge in [-0.3, -0.25) is 9.10 Å². The van der Waals surface area contributed by atoms with Gasteiger partial charge in [0.15, 0.2) is 9.84 Å². The number of phenolic OH excluding ortho intramolecular Hbond substituents is 1. The molecule has 1 saturated heterocycles. The maximum Gasteiger partial charge on any atom is 0.264 e. The fourth-order valence-corrected chi connectivity index (χ4v) is 6.83. The Labute approximate surface area is 174 Å². The minimum Gasteiger partial charge on any atom is -0.508 e. The van der Waals surface area contributed by atoms with E-state index in [0.717, 1.165) is 4.31 Å². The highest BCUT2D eigenvalue weighted by molar-refractivity contribution is 7.93. The minimum atomic E-state index is -4.28. The molecule has 0 spiro atoms. The molecule has 0 aromatic heterocycles. The molecule has 0 saturated carbocycles. The summed E-state index contributed by atoms with van der Waals surface area (Å²) < 4.78 is 51.8. The number of phenols is 1. The Morgan fingerprint density at radius 1 is 1.17 bits per heavy atom. The Bertz CT molecular complexity index is 1150. The summed E-state index contributed by atoms with van der Waals surface area (Å²) in [6.07, 6.45) is -1.41. The van der Waals surface area contributed by atoms with E-state index >= 15 is 0 Å². The molecule has 1 heterocycles. The molecule has 1 aliphatic heterocycles. The van der Waals surface area contributed by atoms with Crippen molar-refractivity contribution in [1.29, 1.82) is 0 Å². The zero-order chi connectivity index (χ0) is 22.1. The highest BCUT2D eigenvalue weighted by Gasteiger charge is 2.45. The second-order valence-corrected chi connectivity index (χ2v) is 11.1. The van der Waals surface area contributed by atoms with Crippen molar-refractivity contribution in [3.8, 4) is 5.75 Å². The van der Waals surface area contributed by atoms with Gasteiger partial charge in [-0.1, -0.05) is 18.2 Å². The molecule has 1 aliphatic rings. The van der Waals surface area contributed by atoms with Gasteiger partial charge >= 0.3 is 0 Å². The van der Waals surface area contributed by atoms with Crippen molar-refractivity contribution in [2.45, 2.75) is 30.5 Å². The molecule has 0 bridgehead atoms. The molecule has 162 valence electrons. The average molecular weight is 455 g/mol. The highest BCUT2D eigenvalue weighted by atomic mass is 32.2. The van der Waals surface area contributed by atoms with Crippen LogP contribution in [0.3, 0.4) is 0 Å². The van der Waals surface area contributed by atoms with Crippen LogP contribution in [0.4, 0.5) is 5.69 Å². The lowest BCUT2D eigenvalue weighted by Crippen LogP contribution is -2.47. The standard InChI is InChI=1S/C19H22N2O7S2/c1-13(22)20-10-14-5-7-17(8-6-14)30(27,28)21(15-3-2-4-16(23)9-15)18-11-29(25,26)12-19(18)24/h2-9,18-19,23-24H,10-12H2,1H3,(H,20,22)/t18-,19+/m0/s1. The van der Waals surface area contributed by atoms with Crippen LogP contribution in [-0.4, -0.2) is 56.6 Å². The second-order valence-electron chi connectivity index (χ2n) is 7.09. The van der Waals surface area contributed by atoms with Crippen molar-refractivity contribution in [1.82, 2.24) is 5.32 Å².